The third-order valence-electron chi connectivity index (χ3n) is 5.60. The second kappa shape index (κ2) is 8.78. The monoisotopic (exact) mass is 448 g/mol. The van der Waals surface area contributed by atoms with E-state index < -0.39 is 11.9 Å². The lowest BCUT2D eigenvalue weighted by Crippen LogP contribution is -2.36. The lowest BCUT2D eigenvalue weighted by molar-refractivity contribution is -0.140. The van der Waals surface area contributed by atoms with E-state index in [1.807, 2.05) is 0 Å². The number of nitrogens with one attached hydrogen (secondary N) is 1. The van der Waals surface area contributed by atoms with Crippen LogP contribution in [0.4, 0.5) is 13.2 Å². The van der Waals surface area contributed by atoms with Crippen LogP contribution in [-0.4, -0.2) is 29.0 Å². The van der Waals surface area contributed by atoms with Crippen LogP contribution in [-0.2, 0) is 12.7 Å². The zero-order valence-corrected chi connectivity index (χ0v) is 17.5. The van der Waals surface area contributed by atoms with E-state index in [1.165, 1.54) is 19.2 Å². The van der Waals surface area contributed by atoms with Gasteiger partial charge in [-0.05, 0) is 37.1 Å². The van der Waals surface area contributed by atoms with Gasteiger partial charge in [-0.1, -0.05) is 19.3 Å². The summed E-state index contributed by atoms with van der Waals surface area (Å²) in [5, 5.41) is 3.33. The summed E-state index contributed by atoms with van der Waals surface area (Å²) in [4.78, 5) is 20.9. The van der Waals surface area contributed by atoms with Gasteiger partial charge in [0.1, 0.15) is 17.0 Å². The summed E-state index contributed by atoms with van der Waals surface area (Å²) in [6.07, 6.45) is 0.487. The van der Waals surface area contributed by atoms with E-state index >= 15 is 0 Å². The zero-order chi connectivity index (χ0) is 22.9. The normalized spacial score (nSPS) is 15.2. The molecule has 1 aromatic carbocycles. The first kappa shape index (κ1) is 22.1. The molecule has 0 bridgehead atoms. The summed E-state index contributed by atoms with van der Waals surface area (Å²) >= 11 is 0. The summed E-state index contributed by atoms with van der Waals surface area (Å²) in [6, 6.07) is 5.34. The predicted octanol–water partition coefficient (Wildman–Crippen LogP) is 4.44. The Balaban J connectivity index is 1.75. The van der Waals surface area contributed by atoms with Crippen molar-refractivity contribution in [1.82, 2.24) is 15.3 Å². The minimum atomic E-state index is -4.60. The quantitative estimate of drug-likeness (QED) is 0.598. The summed E-state index contributed by atoms with van der Waals surface area (Å²) < 4.78 is 50.4. The molecule has 1 amide bonds. The van der Waals surface area contributed by atoms with Gasteiger partial charge in [-0.25, -0.2) is 9.97 Å². The van der Waals surface area contributed by atoms with Crippen LogP contribution >= 0.6 is 0 Å². The molecule has 1 aliphatic rings. The topological polar surface area (TPSA) is 103 Å². The van der Waals surface area contributed by atoms with Gasteiger partial charge in [0.05, 0.1) is 13.7 Å². The number of methoxy groups -OCH3 is 1. The van der Waals surface area contributed by atoms with Gasteiger partial charge in [0.15, 0.2) is 11.5 Å². The number of benzene rings is 1. The molecule has 4 rings (SSSR count). The first-order chi connectivity index (χ1) is 15.3. The fraction of sp³-hybridized carbons (Fsp3) is 0.409. The molecule has 170 valence electrons. The van der Waals surface area contributed by atoms with E-state index in [0.29, 0.717) is 10.9 Å². The number of amides is 1. The lowest BCUT2D eigenvalue weighted by atomic mass is 9.95. The average molecular weight is 448 g/mol. The number of rotatable bonds is 5. The smallest absolute Gasteiger partial charge is 0.433 e. The molecule has 10 heteroatoms. The predicted molar refractivity (Wildman–Crippen MR) is 111 cm³/mol. The Morgan fingerprint density at radius 2 is 1.94 bits per heavy atom. The molecule has 0 saturated heterocycles. The van der Waals surface area contributed by atoms with Crippen molar-refractivity contribution in [3.63, 3.8) is 0 Å². The van der Waals surface area contributed by atoms with E-state index in [2.05, 4.69) is 15.3 Å². The number of carbonyl (C=O) groups is 1. The van der Waals surface area contributed by atoms with Crippen LogP contribution < -0.4 is 15.8 Å². The summed E-state index contributed by atoms with van der Waals surface area (Å²) in [5.74, 6) is 0.0870. The van der Waals surface area contributed by atoms with Gasteiger partial charge in [0.25, 0.3) is 5.91 Å². The first-order valence-electron chi connectivity index (χ1n) is 10.4. The molecule has 32 heavy (non-hydrogen) atoms. The average Bonchev–Trinajstić information content (AvgIpc) is 3.22. The minimum Gasteiger partial charge on any atom is -0.494 e. The maximum Gasteiger partial charge on any atom is 0.433 e. The van der Waals surface area contributed by atoms with E-state index in [4.69, 9.17) is 14.9 Å². The van der Waals surface area contributed by atoms with E-state index in [-0.39, 0.29) is 47.1 Å². The van der Waals surface area contributed by atoms with Gasteiger partial charge >= 0.3 is 6.18 Å². The maximum absolute atomic E-state index is 13.2. The van der Waals surface area contributed by atoms with Crippen molar-refractivity contribution in [3.05, 3.63) is 41.4 Å². The second-order valence-electron chi connectivity index (χ2n) is 7.71. The molecule has 0 unspecified atom stereocenters. The lowest BCUT2D eigenvalue weighted by Gasteiger charge is -2.22. The largest absolute Gasteiger partial charge is 0.494 e. The Hall–Kier alpha value is -3.14. The molecule has 1 aliphatic carbocycles. The van der Waals surface area contributed by atoms with Crippen LogP contribution in [0.1, 0.15) is 54.0 Å². The Kier molecular flexibility index (Phi) is 6.05. The zero-order valence-electron chi connectivity index (χ0n) is 17.5. The van der Waals surface area contributed by atoms with Crippen LogP contribution in [0.15, 0.2) is 28.7 Å². The van der Waals surface area contributed by atoms with Gasteiger partial charge in [-0.3, -0.25) is 4.79 Å². The van der Waals surface area contributed by atoms with Crippen LogP contribution in [0.5, 0.6) is 5.75 Å². The number of halogens is 3. The second-order valence-corrected chi connectivity index (χ2v) is 7.71. The molecule has 2 heterocycles. The van der Waals surface area contributed by atoms with Crippen molar-refractivity contribution < 1.29 is 27.1 Å². The molecule has 0 spiro atoms. The number of nitrogens with two attached hydrogens (primary N) is 1. The number of hydrogen-bond acceptors (Lipinski definition) is 6. The molecule has 0 radical (unpaired) electrons. The molecule has 1 saturated carbocycles. The number of oxazole rings is 1. The van der Waals surface area contributed by atoms with Crippen LogP contribution in [0.25, 0.3) is 22.4 Å². The fourth-order valence-electron chi connectivity index (χ4n) is 3.98. The van der Waals surface area contributed by atoms with Crippen molar-refractivity contribution in [3.8, 4) is 17.2 Å². The molecule has 0 aliphatic heterocycles. The van der Waals surface area contributed by atoms with Crippen molar-refractivity contribution >= 4 is 16.8 Å². The Bertz CT molecular complexity index is 1140. The molecular weight excluding hydrogens is 425 g/mol. The molecule has 0 atom stereocenters. The van der Waals surface area contributed by atoms with Crippen LogP contribution in [0.2, 0.25) is 0 Å². The van der Waals surface area contributed by atoms with E-state index in [9.17, 15) is 18.0 Å². The number of alkyl halides is 3. The first-order valence-corrected chi connectivity index (χ1v) is 10.4. The number of fused-ring (bicyclic) bond motifs is 1. The highest BCUT2D eigenvalue weighted by atomic mass is 19.4. The third kappa shape index (κ3) is 4.27. The van der Waals surface area contributed by atoms with Crippen molar-refractivity contribution in [1.29, 1.82) is 0 Å². The molecule has 7 nitrogen and oxygen atoms in total. The molecule has 2 aromatic heterocycles. The summed E-state index contributed by atoms with van der Waals surface area (Å²) in [6.45, 7) is -0.0506. The summed E-state index contributed by atoms with van der Waals surface area (Å²) in [5.41, 5.74) is 5.21. The highest BCUT2D eigenvalue weighted by Gasteiger charge is 2.33. The minimum absolute atomic E-state index is 0.0144. The van der Waals surface area contributed by atoms with Crippen LogP contribution in [0.3, 0.4) is 0 Å². The van der Waals surface area contributed by atoms with Crippen molar-refractivity contribution in [2.45, 2.75) is 50.9 Å². The van der Waals surface area contributed by atoms with Crippen molar-refractivity contribution in [2.75, 3.05) is 7.11 Å². The number of hydrogen-bond donors (Lipinski definition) is 2. The van der Waals surface area contributed by atoms with Gasteiger partial charge in [0, 0.05) is 17.0 Å². The Labute approximate surface area is 182 Å². The molecule has 3 aromatic rings. The molecular formula is C22H23F3N4O3. The van der Waals surface area contributed by atoms with Gasteiger partial charge in [-0.15, -0.1) is 0 Å². The molecule has 3 N–H and O–H groups in total. The van der Waals surface area contributed by atoms with Crippen LogP contribution in [0, 0.1) is 0 Å². The SMILES string of the molecule is COc1ccc(-c2nc(C(=O)NC3CCCCC3)c(CN)o2)c2ccc(C(F)(F)F)nc12. The highest BCUT2D eigenvalue weighted by molar-refractivity contribution is 5.98. The van der Waals surface area contributed by atoms with Gasteiger partial charge in [0.2, 0.25) is 5.89 Å². The standard InChI is InChI=1S/C22H23F3N4O3/c1-31-15-9-7-14(13-8-10-17(22(23,24)25)28-18(13)15)21-29-19(16(11-26)32-21)20(30)27-12-5-3-2-4-6-12/h7-10,12H,2-6,11,26H2,1H3,(H,27,30). The number of ether oxygens (including phenoxy) is 1. The van der Waals surface area contributed by atoms with Gasteiger partial charge in [-0.2, -0.15) is 13.2 Å². The van der Waals surface area contributed by atoms with Gasteiger partial charge < -0.3 is 20.2 Å². The Morgan fingerprint density at radius 3 is 2.59 bits per heavy atom. The van der Waals surface area contributed by atoms with E-state index in [0.717, 1.165) is 38.2 Å². The fourth-order valence-corrected chi connectivity index (χ4v) is 3.98. The number of nitrogens with zero attached hydrogens (tertiary/aromatic N) is 2. The number of carbonyl (C=O) groups excluding carboxylic acids is 1. The summed E-state index contributed by atoms with van der Waals surface area (Å²) in [7, 11) is 1.35. The third-order valence-corrected chi connectivity index (χ3v) is 5.60. The highest BCUT2D eigenvalue weighted by Crippen LogP contribution is 2.37. The van der Waals surface area contributed by atoms with E-state index in [1.54, 1.807) is 6.07 Å². The Morgan fingerprint density at radius 1 is 1.19 bits per heavy atom. The number of aromatic nitrogens is 2. The maximum atomic E-state index is 13.2. The molecule has 1 fully saturated rings. The number of pyridine rings is 1. The van der Waals surface area contributed by atoms with Crippen molar-refractivity contribution in [2.24, 2.45) is 5.73 Å².